The molecule has 0 spiro atoms. The van der Waals surface area contributed by atoms with Crippen LogP contribution >= 0.6 is 0 Å². The number of ether oxygens (including phenoxy) is 2. The summed E-state index contributed by atoms with van der Waals surface area (Å²) >= 11 is 0. The molecule has 0 radical (unpaired) electrons. The number of nitrogens with one attached hydrogen (secondary N) is 1. The van der Waals surface area contributed by atoms with Gasteiger partial charge in [0.1, 0.15) is 5.82 Å². The number of para-hydroxylation sites is 2. The van der Waals surface area contributed by atoms with Gasteiger partial charge in [0, 0.05) is 25.4 Å². The summed E-state index contributed by atoms with van der Waals surface area (Å²) in [6, 6.07) is 14.4. The minimum absolute atomic E-state index is 0.235. The minimum atomic E-state index is 0.235. The number of carbonyl (C=O) groups is 1. The second-order valence-corrected chi connectivity index (χ2v) is 9.22. The molecule has 0 unspecified atom stereocenters. The van der Waals surface area contributed by atoms with Crippen molar-refractivity contribution in [1.82, 2.24) is 14.9 Å². The number of unbranched alkanes of at least 4 members (excludes halogenated alkanes) is 2. The Morgan fingerprint density at radius 2 is 2.00 bits per heavy atom. The molecule has 35 heavy (non-hydrogen) atoms. The summed E-state index contributed by atoms with van der Waals surface area (Å²) in [6.45, 7) is 6.03. The van der Waals surface area contributed by atoms with E-state index in [4.69, 9.17) is 14.5 Å². The van der Waals surface area contributed by atoms with Crippen molar-refractivity contribution in [2.75, 3.05) is 20.3 Å². The number of imidazole rings is 1. The highest BCUT2D eigenvalue weighted by Crippen LogP contribution is 2.29. The molecule has 1 amide bonds. The maximum atomic E-state index is 11.8. The number of fused-ring (bicyclic) bond motifs is 1. The van der Waals surface area contributed by atoms with Gasteiger partial charge < -0.3 is 19.4 Å². The zero-order chi connectivity index (χ0) is 24.5. The molecule has 2 aromatic carbocycles. The number of allylic oxidation sites excluding steroid dienone is 1. The van der Waals surface area contributed by atoms with Crippen molar-refractivity contribution in [3.05, 3.63) is 66.5 Å². The predicted molar refractivity (Wildman–Crippen MR) is 140 cm³/mol. The van der Waals surface area contributed by atoms with Crippen LogP contribution in [0.1, 0.15) is 49.9 Å². The lowest BCUT2D eigenvalue weighted by atomic mass is 10.1. The summed E-state index contributed by atoms with van der Waals surface area (Å²) in [7, 11) is 1.67. The van der Waals surface area contributed by atoms with Crippen molar-refractivity contribution in [1.29, 1.82) is 0 Å². The standard InChI is InChI=1S/C29H37N3O3/c1-3-10-22-14-17-26(27(21-22)34-2)35-20-9-19-32-25-12-7-6-11-24(25)31-28(32)13-5-4-8-18-30-29(33)23-15-16-23/h3,6-7,11-12,14,17,21,23H,1,4-5,8-10,13,15-16,18-20H2,2H3,(H,30,33). The fourth-order valence-electron chi connectivity index (χ4n) is 4.38. The number of aromatic nitrogens is 2. The van der Waals surface area contributed by atoms with Crippen LogP contribution < -0.4 is 14.8 Å². The second-order valence-electron chi connectivity index (χ2n) is 9.22. The van der Waals surface area contributed by atoms with Gasteiger partial charge in [-0.15, -0.1) is 6.58 Å². The minimum Gasteiger partial charge on any atom is -0.493 e. The summed E-state index contributed by atoms with van der Waals surface area (Å²) in [5, 5.41) is 3.05. The van der Waals surface area contributed by atoms with Crippen LogP contribution in [0.4, 0.5) is 0 Å². The zero-order valence-corrected chi connectivity index (χ0v) is 20.8. The van der Waals surface area contributed by atoms with Crippen LogP contribution in [0, 0.1) is 5.92 Å². The van der Waals surface area contributed by atoms with Crippen molar-refractivity contribution >= 4 is 16.9 Å². The van der Waals surface area contributed by atoms with E-state index in [1.165, 1.54) is 5.52 Å². The van der Waals surface area contributed by atoms with E-state index in [1.807, 2.05) is 24.3 Å². The van der Waals surface area contributed by atoms with Gasteiger partial charge in [-0.1, -0.05) is 30.7 Å². The maximum absolute atomic E-state index is 11.8. The Morgan fingerprint density at radius 1 is 1.14 bits per heavy atom. The van der Waals surface area contributed by atoms with E-state index in [0.29, 0.717) is 6.61 Å². The van der Waals surface area contributed by atoms with Gasteiger partial charge >= 0.3 is 0 Å². The molecule has 1 aromatic heterocycles. The van der Waals surface area contributed by atoms with Crippen LogP contribution in [0.2, 0.25) is 0 Å². The van der Waals surface area contributed by atoms with Gasteiger partial charge in [0.05, 0.1) is 24.8 Å². The van der Waals surface area contributed by atoms with Gasteiger partial charge in [0.2, 0.25) is 5.91 Å². The van der Waals surface area contributed by atoms with E-state index < -0.39 is 0 Å². The number of rotatable bonds is 15. The third-order valence-corrected chi connectivity index (χ3v) is 6.45. The lowest BCUT2D eigenvalue weighted by Crippen LogP contribution is -2.25. The van der Waals surface area contributed by atoms with Crippen LogP contribution in [0.5, 0.6) is 11.5 Å². The van der Waals surface area contributed by atoms with Crippen molar-refractivity contribution < 1.29 is 14.3 Å². The average molecular weight is 476 g/mol. The second kappa shape index (κ2) is 12.4. The van der Waals surface area contributed by atoms with Crippen LogP contribution in [-0.4, -0.2) is 35.7 Å². The molecule has 0 aliphatic heterocycles. The summed E-state index contributed by atoms with van der Waals surface area (Å²) < 4.78 is 13.9. The molecule has 6 heteroatoms. The van der Waals surface area contributed by atoms with E-state index in [1.54, 1.807) is 7.11 Å². The molecule has 3 aromatic rings. The van der Waals surface area contributed by atoms with Crippen LogP contribution in [0.15, 0.2) is 55.1 Å². The van der Waals surface area contributed by atoms with Gasteiger partial charge in [-0.25, -0.2) is 4.98 Å². The Balaban J connectivity index is 1.28. The Hall–Kier alpha value is -3.28. The first-order valence-corrected chi connectivity index (χ1v) is 12.8. The lowest BCUT2D eigenvalue weighted by molar-refractivity contribution is -0.122. The van der Waals surface area contributed by atoms with E-state index in [2.05, 4.69) is 40.7 Å². The Kier molecular flexibility index (Phi) is 8.82. The van der Waals surface area contributed by atoms with Gasteiger partial charge in [-0.05, 0) is 68.4 Å². The number of aryl methyl sites for hydroxylation is 2. The molecule has 1 heterocycles. The SMILES string of the molecule is C=CCc1ccc(OCCCn2c(CCCCCNC(=O)C3CC3)nc3ccccc32)c(OC)c1. The van der Waals surface area contributed by atoms with Crippen molar-refractivity contribution in [2.45, 2.75) is 57.9 Å². The third kappa shape index (κ3) is 6.87. The zero-order valence-electron chi connectivity index (χ0n) is 20.8. The molecule has 1 aliphatic rings. The van der Waals surface area contributed by atoms with E-state index in [0.717, 1.165) is 92.9 Å². The van der Waals surface area contributed by atoms with Crippen molar-refractivity contribution in [2.24, 2.45) is 5.92 Å². The van der Waals surface area contributed by atoms with Gasteiger partial charge in [-0.2, -0.15) is 0 Å². The summed E-state index contributed by atoms with van der Waals surface area (Å²) in [6.07, 6.45) is 9.78. The molecule has 1 aliphatic carbocycles. The number of hydrogen-bond acceptors (Lipinski definition) is 4. The van der Waals surface area contributed by atoms with E-state index in [9.17, 15) is 4.79 Å². The summed E-state index contributed by atoms with van der Waals surface area (Å²) in [5.74, 6) is 3.17. The van der Waals surface area contributed by atoms with Crippen molar-refractivity contribution in [3.8, 4) is 11.5 Å². The summed E-state index contributed by atoms with van der Waals surface area (Å²) in [4.78, 5) is 16.7. The molecule has 1 saturated carbocycles. The highest BCUT2D eigenvalue weighted by atomic mass is 16.5. The molecular weight excluding hydrogens is 438 g/mol. The number of hydrogen-bond donors (Lipinski definition) is 1. The van der Waals surface area contributed by atoms with E-state index >= 15 is 0 Å². The monoisotopic (exact) mass is 475 g/mol. The van der Waals surface area contributed by atoms with Gasteiger partial charge in [0.15, 0.2) is 11.5 Å². The number of methoxy groups -OCH3 is 1. The maximum Gasteiger partial charge on any atom is 0.223 e. The highest BCUT2D eigenvalue weighted by Gasteiger charge is 2.28. The highest BCUT2D eigenvalue weighted by molar-refractivity contribution is 5.80. The molecule has 1 fully saturated rings. The van der Waals surface area contributed by atoms with Gasteiger partial charge in [0.25, 0.3) is 0 Å². The predicted octanol–water partition coefficient (Wildman–Crippen LogP) is 5.48. The van der Waals surface area contributed by atoms with Crippen LogP contribution in [0.25, 0.3) is 11.0 Å². The molecule has 6 nitrogen and oxygen atoms in total. The Bertz CT molecular complexity index is 1130. The molecule has 186 valence electrons. The number of amides is 1. The summed E-state index contributed by atoms with van der Waals surface area (Å²) in [5.41, 5.74) is 3.37. The molecular formula is C29H37N3O3. The number of benzene rings is 2. The molecule has 4 rings (SSSR count). The quantitative estimate of drug-likeness (QED) is 0.233. The fourth-order valence-corrected chi connectivity index (χ4v) is 4.38. The third-order valence-electron chi connectivity index (χ3n) is 6.45. The van der Waals surface area contributed by atoms with Crippen LogP contribution in [0.3, 0.4) is 0 Å². The number of nitrogens with zero attached hydrogens (tertiary/aromatic N) is 2. The van der Waals surface area contributed by atoms with E-state index in [-0.39, 0.29) is 11.8 Å². The topological polar surface area (TPSA) is 65.4 Å². The average Bonchev–Trinajstić information content (AvgIpc) is 3.67. The Labute approximate surface area is 208 Å². The molecule has 1 N–H and O–H groups in total. The normalized spacial score (nSPS) is 13.1. The first-order chi connectivity index (χ1) is 17.2. The molecule has 0 saturated heterocycles. The first-order valence-electron chi connectivity index (χ1n) is 12.8. The molecule has 0 bridgehead atoms. The van der Waals surface area contributed by atoms with Gasteiger partial charge in [-0.3, -0.25) is 4.79 Å². The lowest BCUT2D eigenvalue weighted by Gasteiger charge is -2.13. The molecule has 0 atom stereocenters. The fraction of sp³-hybridized carbons (Fsp3) is 0.448. The smallest absolute Gasteiger partial charge is 0.223 e. The van der Waals surface area contributed by atoms with Crippen LogP contribution in [-0.2, 0) is 24.2 Å². The first kappa shape index (κ1) is 24.8. The Morgan fingerprint density at radius 3 is 2.80 bits per heavy atom. The number of carbonyl (C=O) groups excluding carboxylic acids is 1. The largest absolute Gasteiger partial charge is 0.493 e. The van der Waals surface area contributed by atoms with Crippen molar-refractivity contribution in [3.63, 3.8) is 0 Å².